The van der Waals surface area contributed by atoms with Crippen molar-refractivity contribution in [2.45, 2.75) is 75.5 Å². The Morgan fingerprint density at radius 2 is 1.82 bits per heavy atom. The lowest BCUT2D eigenvalue weighted by Gasteiger charge is -2.35. The molecule has 0 aromatic carbocycles. The minimum Gasteiger partial charge on any atom is -0.312 e. The predicted octanol–water partition coefficient (Wildman–Crippen LogP) is 4.22. The molecular weight excluding hydrogens is 226 g/mol. The Kier molecular flexibility index (Phi) is 5.23. The van der Waals surface area contributed by atoms with Gasteiger partial charge in [-0.15, -0.1) is 0 Å². The molecule has 2 saturated carbocycles. The van der Waals surface area contributed by atoms with Crippen LogP contribution in [-0.4, -0.2) is 23.6 Å². The van der Waals surface area contributed by atoms with Crippen LogP contribution in [0.25, 0.3) is 0 Å². The summed E-state index contributed by atoms with van der Waals surface area (Å²) < 4.78 is 0.579. The number of thioether (sulfide) groups is 1. The molecule has 0 heterocycles. The Bertz CT molecular complexity index is 223. The van der Waals surface area contributed by atoms with Crippen molar-refractivity contribution in [1.29, 1.82) is 0 Å². The molecule has 2 aliphatic carbocycles. The van der Waals surface area contributed by atoms with E-state index < -0.39 is 0 Å². The van der Waals surface area contributed by atoms with Gasteiger partial charge in [0.1, 0.15) is 0 Å². The maximum Gasteiger partial charge on any atom is 0.0281 e. The van der Waals surface area contributed by atoms with Gasteiger partial charge in [0.2, 0.25) is 0 Å². The minimum absolute atomic E-state index is 0.579. The first-order valence-electron chi connectivity index (χ1n) is 7.58. The lowest BCUT2D eigenvalue weighted by Crippen LogP contribution is -2.45. The van der Waals surface area contributed by atoms with Crippen molar-refractivity contribution in [3.05, 3.63) is 0 Å². The standard InChI is InChI=1S/C15H29NS/c1-3-13-8-4-5-9-14(13)16-12-15(17-2)10-6-7-11-15/h13-14,16H,3-12H2,1-2H3. The highest BCUT2D eigenvalue weighted by Crippen LogP contribution is 2.40. The third-order valence-corrected chi connectivity index (χ3v) is 6.49. The summed E-state index contributed by atoms with van der Waals surface area (Å²) in [5.74, 6) is 0.948. The van der Waals surface area contributed by atoms with Gasteiger partial charge in [-0.1, -0.05) is 39.0 Å². The van der Waals surface area contributed by atoms with E-state index >= 15 is 0 Å². The van der Waals surface area contributed by atoms with E-state index in [1.165, 1.54) is 64.3 Å². The fourth-order valence-corrected chi connectivity index (χ4v) is 4.68. The van der Waals surface area contributed by atoms with E-state index in [4.69, 9.17) is 0 Å². The maximum absolute atomic E-state index is 3.94. The molecule has 0 radical (unpaired) electrons. The van der Waals surface area contributed by atoms with E-state index in [9.17, 15) is 0 Å². The van der Waals surface area contributed by atoms with Crippen LogP contribution in [0.1, 0.15) is 64.7 Å². The molecular formula is C15H29NS. The average Bonchev–Trinajstić information content (AvgIpc) is 2.86. The quantitative estimate of drug-likeness (QED) is 0.789. The van der Waals surface area contributed by atoms with E-state index in [0.717, 1.165) is 12.0 Å². The first-order valence-corrected chi connectivity index (χ1v) is 8.81. The van der Waals surface area contributed by atoms with Crippen LogP contribution in [0.15, 0.2) is 0 Å². The molecule has 0 aromatic heterocycles. The summed E-state index contributed by atoms with van der Waals surface area (Å²) in [6, 6.07) is 0.818. The van der Waals surface area contributed by atoms with Gasteiger partial charge in [0.25, 0.3) is 0 Å². The van der Waals surface area contributed by atoms with E-state index in [2.05, 4.69) is 30.3 Å². The first-order chi connectivity index (χ1) is 8.29. The lowest BCUT2D eigenvalue weighted by atomic mass is 9.82. The highest BCUT2D eigenvalue weighted by atomic mass is 32.2. The molecule has 1 nitrogen and oxygen atoms in total. The molecule has 0 aromatic rings. The van der Waals surface area contributed by atoms with Crippen LogP contribution in [-0.2, 0) is 0 Å². The van der Waals surface area contributed by atoms with Crippen molar-refractivity contribution in [2.24, 2.45) is 5.92 Å². The van der Waals surface area contributed by atoms with E-state index in [0.29, 0.717) is 4.75 Å². The molecule has 0 bridgehead atoms. The van der Waals surface area contributed by atoms with Gasteiger partial charge in [-0.25, -0.2) is 0 Å². The van der Waals surface area contributed by atoms with E-state index in [1.54, 1.807) is 0 Å². The fraction of sp³-hybridized carbons (Fsp3) is 1.00. The van der Waals surface area contributed by atoms with Crippen LogP contribution in [0.5, 0.6) is 0 Å². The monoisotopic (exact) mass is 255 g/mol. The van der Waals surface area contributed by atoms with Gasteiger partial charge >= 0.3 is 0 Å². The molecule has 2 heteroatoms. The van der Waals surface area contributed by atoms with Gasteiger partial charge in [-0.3, -0.25) is 0 Å². The summed E-state index contributed by atoms with van der Waals surface area (Å²) in [5, 5.41) is 3.94. The van der Waals surface area contributed by atoms with Gasteiger partial charge in [-0.05, 0) is 37.9 Å². The van der Waals surface area contributed by atoms with Crippen molar-refractivity contribution in [1.82, 2.24) is 5.32 Å². The third-order valence-electron chi connectivity index (χ3n) is 5.07. The molecule has 1 N–H and O–H groups in total. The molecule has 17 heavy (non-hydrogen) atoms. The van der Waals surface area contributed by atoms with Crippen molar-refractivity contribution < 1.29 is 0 Å². The first kappa shape index (κ1) is 13.7. The van der Waals surface area contributed by atoms with E-state index in [-0.39, 0.29) is 0 Å². The van der Waals surface area contributed by atoms with Crippen LogP contribution in [0, 0.1) is 5.92 Å². The molecule has 0 amide bonds. The second-order valence-electron chi connectivity index (χ2n) is 6.03. The summed E-state index contributed by atoms with van der Waals surface area (Å²) in [6.07, 6.45) is 15.2. The van der Waals surface area contributed by atoms with Gasteiger partial charge in [0.15, 0.2) is 0 Å². The van der Waals surface area contributed by atoms with Gasteiger partial charge in [0, 0.05) is 17.3 Å². The second-order valence-corrected chi connectivity index (χ2v) is 7.31. The van der Waals surface area contributed by atoms with Gasteiger partial charge in [0.05, 0.1) is 0 Å². The van der Waals surface area contributed by atoms with Crippen molar-refractivity contribution in [3.8, 4) is 0 Å². The van der Waals surface area contributed by atoms with Crippen LogP contribution in [0.3, 0.4) is 0 Å². The number of hydrogen-bond donors (Lipinski definition) is 1. The maximum atomic E-state index is 3.94. The van der Waals surface area contributed by atoms with Gasteiger partial charge in [-0.2, -0.15) is 11.8 Å². The lowest BCUT2D eigenvalue weighted by molar-refractivity contribution is 0.250. The smallest absolute Gasteiger partial charge is 0.0281 e. The molecule has 2 unspecified atom stereocenters. The molecule has 0 aliphatic heterocycles. The Balaban J connectivity index is 1.83. The Labute approximate surface area is 112 Å². The number of nitrogens with one attached hydrogen (secondary N) is 1. The van der Waals surface area contributed by atoms with Crippen molar-refractivity contribution in [3.63, 3.8) is 0 Å². The van der Waals surface area contributed by atoms with Crippen molar-refractivity contribution in [2.75, 3.05) is 12.8 Å². The summed E-state index contributed by atoms with van der Waals surface area (Å²) in [6.45, 7) is 3.62. The summed E-state index contributed by atoms with van der Waals surface area (Å²) >= 11 is 2.11. The molecule has 2 atom stereocenters. The number of rotatable bonds is 5. The largest absolute Gasteiger partial charge is 0.312 e. The Hall–Kier alpha value is 0.310. The molecule has 2 aliphatic rings. The fourth-order valence-electron chi connectivity index (χ4n) is 3.75. The Morgan fingerprint density at radius 1 is 1.12 bits per heavy atom. The minimum atomic E-state index is 0.579. The average molecular weight is 255 g/mol. The van der Waals surface area contributed by atoms with E-state index in [1.807, 2.05) is 0 Å². The summed E-state index contributed by atoms with van der Waals surface area (Å²) in [4.78, 5) is 0. The molecule has 0 saturated heterocycles. The highest BCUT2D eigenvalue weighted by Gasteiger charge is 2.34. The summed E-state index contributed by atoms with van der Waals surface area (Å²) in [5.41, 5.74) is 0. The van der Waals surface area contributed by atoms with Crippen LogP contribution in [0.4, 0.5) is 0 Å². The highest BCUT2D eigenvalue weighted by molar-refractivity contribution is 8.00. The molecule has 2 rings (SSSR count). The van der Waals surface area contributed by atoms with Gasteiger partial charge < -0.3 is 5.32 Å². The zero-order valence-electron chi connectivity index (χ0n) is 11.6. The zero-order chi connectivity index (χ0) is 12.1. The number of hydrogen-bond acceptors (Lipinski definition) is 2. The molecule has 100 valence electrons. The Morgan fingerprint density at radius 3 is 2.47 bits per heavy atom. The zero-order valence-corrected chi connectivity index (χ0v) is 12.5. The van der Waals surface area contributed by atoms with Crippen LogP contribution < -0.4 is 5.32 Å². The third kappa shape index (κ3) is 3.41. The topological polar surface area (TPSA) is 12.0 Å². The second kappa shape index (κ2) is 6.47. The van der Waals surface area contributed by atoms with Crippen LogP contribution >= 0.6 is 11.8 Å². The van der Waals surface area contributed by atoms with Crippen molar-refractivity contribution >= 4 is 11.8 Å². The predicted molar refractivity (Wildman–Crippen MR) is 78.8 cm³/mol. The SMILES string of the molecule is CCC1CCCCC1NCC1(SC)CCCC1. The normalized spacial score (nSPS) is 32.8. The van der Waals surface area contributed by atoms with Crippen LogP contribution in [0.2, 0.25) is 0 Å². The molecule has 0 spiro atoms. The summed E-state index contributed by atoms with van der Waals surface area (Å²) in [7, 11) is 0. The molecule has 2 fully saturated rings.